The van der Waals surface area contributed by atoms with Gasteiger partial charge in [0.15, 0.2) is 11.5 Å². The van der Waals surface area contributed by atoms with Crippen molar-refractivity contribution in [1.82, 2.24) is 0 Å². The second-order valence-electron chi connectivity index (χ2n) is 7.07. The van der Waals surface area contributed by atoms with E-state index in [1.807, 2.05) is 0 Å². The maximum Gasteiger partial charge on any atom is 0.300 e. The van der Waals surface area contributed by atoms with Gasteiger partial charge in [-0.15, -0.1) is 0 Å². The van der Waals surface area contributed by atoms with Gasteiger partial charge in [0.1, 0.15) is 11.6 Å². The maximum absolute atomic E-state index is 13.4. The van der Waals surface area contributed by atoms with Crippen LogP contribution < -0.4 is 9.64 Å². The summed E-state index contributed by atoms with van der Waals surface area (Å²) in [7, 11) is 1.34. The highest BCUT2D eigenvalue weighted by Crippen LogP contribution is 2.45. The first kappa shape index (κ1) is 21.4. The smallest absolute Gasteiger partial charge is 0.300 e. The molecular weight excluding hydrogens is 437 g/mol. The van der Waals surface area contributed by atoms with Gasteiger partial charge in [0.05, 0.1) is 23.7 Å². The van der Waals surface area contributed by atoms with Crippen LogP contribution in [0.3, 0.4) is 0 Å². The number of aliphatic hydroxyl groups is 1. The Bertz CT molecular complexity index is 1240. The van der Waals surface area contributed by atoms with Crippen LogP contribution in [-0.2, 0) is 9.59 Å². The van der Waals surface area contributed by atoms with Gasteiger partial charge in [-0.2, -0.15) is 0 Å². The molecule has 0 radical (unpaired) electrons. The third-order valence-corrected chi connectivity index (χ3v) is 5.47. The number of phenols is 1. The molecule has 3 aromatic rings. The Labute approximate surface area is 187 Å². The van der Waals surface area contributed by atoms with Crippen LogP contribution in [0.4, 0.5) is 10.1 Å². The Kier molecular flexibility index (Phi) is 5.59. The lowest BCUT2D eigenvalue weighted by molar-refractivity contribution is -0.132. The van der Waals surface area contributed by atoms with Crippen molar-refractivity contribution in [3.63, 3.8) is 0 Å². The molecule has 1 aliphatic rings. The van der Waals surface area contributed by atoms with Gasteiger partial charge >= 0.3 is 0 Å². The number of carbonyl (C=O) groups excluding carboxylic acids is 2. The normalized spacial score (nSPS) is 17.6. The number of nitrogens with zero attached hydrogens (tertiary/aromatic N) is 1. The summed E-state index contributed by atoms with van der Waals surface area (Å²) in [6.07, 6.45) is 0. The number of Topliss-reactive ketones (excluding diaryl/α,β-unsaturated/α-hetero) is 1. The molecule has 2 N–H and O–H groups in total. The predicted molar refractivity (Wildman–Crippen MR) is 117 cm³/mol. The molecule has 0 aromatic heterocycles. The Morgan fingerprint density at radius 3 is 2.34 bits per heavy atom. The fraction of sp³-hybridized carbons (Fsp3) is 0.0833. The minimum Gasteiger partial charge on any atom is -0.507 e. The third-order valence-electron chi connectivity index (χ3n) is 5.18. The zero-order valence-electron chi connectivity index (χ0n) is 16.8. The number of ether oxygens (including phenoxy) is 1. The molecule has 1 aliphatic heterocycles. The number of aromatic hydroxyl groups is 1. The van der Waals surface area contributed by atoms with Gasteiger partial charge in [0.2, 0.25) is 0 Å². The molecular formula is C24H17ClFNO5. The first-order valence-electron chi connectivity index (χ1n) is 9.52. The van der Waals surface area contributed by atoms with Crippen molar-refractivity contribution in [3.05, 3.63) is 94.3 Å². The summed E-state index contributed by atoms with van der Waals surface area (Å²) >= 11 is 6.17. The molecule has 1 amide bonds. The predicted octanol–water partition coefficient (Wildman–Crippen LogP) is 4.82. The monoisotopic (exact) mass is 453 g/mol. The second-order valence-corrected chi connectivity index (χ2v) is 7.47. The van der Waals surface area contributed by atoms with Crippen LogP contribution in [0, 0.1) is 5.82 Å². The number of anilines is 1. The molecule has 162 valence electrons. The van der Waals surface area contributed by atoms with Crippen molar-refractivity contribution in [1.29, 1.82) is 0 Å². The van der Waals surface area contributed by atoms with E-state index in [0.717, 1.165) is 12.1 Å². The average Bonchev–Trinajstić information content (AvgIpc) is 3.06. The number of phenolic OH excluding ortho intramolecular Hbond substituents is 1. The molecule has 0 aliphatic carbocycles. The topological polar surface area (TPSA) is 87.1 Å². The van der Waals surface area contributed by atoms with Crippen LogP contribution in [-0.4, -0.2) is 29.0 Å². The lowest BCUT2D eigenvalue weighted by Crippen LogP contribution is -2.29. The summed E-state index contributed by atoms with van der Waals surface area (Å²) in [6.45, 7) is 0. The Morgan fingerprint density at radius 1 is 1.06 bits per heavy atom. The lowest BCUT2D eigenvalue weighted by Gasteiger charge is -2.26. The van der Waals surface area contributed by atoms with Crippen molar-refractivity contribution in [3.8, 4) is 11.5 Å². The molecule has 32 heavy (non-hydrogen) atoms. The fourth-order valence-corrected chi connectivity index (χ4v) is 3.89. The number of ketones is 1. The minimum atomic E-state index is -1.07. The van der Waals surface area contributed by atoms with Crippen molar-refractivity contribution >= 4 is 34.7 Å². The number of carbonyl (C=O) groups is 2. The Morgan fingerprint density at radius 2 is 1.72 bits per heavy atom. The van der Waals surface area contributed by atoms with Crippen molar-refractivity contribution in [2.75, 3.05) is 12.0 Å². The average molecular weight is 454 g/mol. The van der Waals surface area contributed by atoms with Crippen LogP contribution in [0.25, 0.3) is 5.76 Å². The third kappa shape index (κ3) is 3.56. The quantitative estimate of drug-likeness (QED) is 0.336. The summed E-state index contributed by atoms with van der Waals surface area (Å²) < 4.78 is 18.5. The van der Waals surface area contributed by atoms with E-state index < -0.39 is 29.3 Å². The molecule has 3 aromatic carbocycles. The fourth-order valence-electron chi connectivity index (χ4n) is 3.67. The van der Waals surface area contributed by atoms with E-state index in [0.29, 0.717) is 11.3 Å². The maximum atomic E-state index is 13.4. The highest BCUT2D eigenvalue weighted by Gasteiger charge is 2.47. The number of aliphatic hydroxyl groups excluding tert-OH is 1. The van der Waals surface area contributed by atoms with Gasteiger partial charge in [0, 0.05) is 11.3 Å². The number of rotatable bonds is 4. The summed E-state index contributed by atoms with van der Waals surface area (Å²) in [6, 6.07) is 15.1. The Hall–Kier alpha value is -3.84. The number of hydrogen-bond donors (Lipinski definition) is 2. The summed E-state index contributed by atoms with van der Waals surface area (Å²) in [5.74, 6) is -3.01. The standard InChI is InChI=1S/C24H17ClFNO5/c1-32-18-12-14(11-17(25)22(18)29)20-19(21(28)13-7-9-15(26)10-8-13)23(30)24(31)27(20)16-5-3-2-4-6-16/h2-12,20,28-29H,1H3/b21-19+. The van der Waals surface area contributed by atoms with Gasteiger partial charge in [0.25, 0.3) is 11.7 Å². The molecule has 0 spiro atoms. The van der Waals surface area contributed by atoms with Crippen molar-refractivity contribution < 1.29 is 28.9 Å². The first-order chi connectivity index (χ1) is 15.3. The molecule has 0 bridgehead atoms. The van der Waals surface area contributed by atoms with Crippen LogP contribution in [0.15, 0.2) is 72.3 Å². The zero-order chi connectivity index (χ0) is 23.0. The summed E-state index contributed by atoms with van der Waals surface area (Å²) in [4.78, 5) is 27.4. The van der Waals surface area contributed by atoms with E-state index in [4.69, 9.17) is 16.3 Å². The summed E-state index contributed by atoms with van der Waals surface area (Å²) in [5, 5.41) is 21.1. The molecule has 1 unspecified atom stereocenters. The lowest BCUT2D eigenvalue weighted by atomic mass is 9.94. The van der Waals surface area contributed by atoms with Gasteiger partial charge in [-0.05, 0) is 54.1 Å². The zero-order valence-corrected chi connectivity index (χ0v) is 17.5. The molecule has 4 rings (SSSR count). The van der Waals surface area contributed by atoms with Crippen LogP contribution in [0.5, 0.6) is 11.5 Å². The minimum absolute atomic E-state index is 0.0351. The molecule has 6 nitrogen and oxygen atoms in total. The van der Waals surface area contributed by atoms with Crippen LogP contribution >= 0.6 is 11.6 Å². The Balaban J connectivity index is 1.99. The van der Waals surface area contributed by atoms with Gasteiger partial charge in [-0.3, -0.25) is 14.5 Å². The van der Waals surface area contributed by atoms with E-state index in [-0.39, 0.29) is 27.7 Å². The van der Waals surface area contributed by atoms with Crippen LogP contribution in [0.1, 0.15) is 17.2 Å². The van der Waals surface area contributed by atoms with Crippen LogP contribution in [0.2, 0.25) is 5.02 Å². The molecule has 1 heterocycles. The first-order valence-corrected chi connectivity index (χ1v) is 9.89. The molecule has 0 saturated carbocycles. The van der Waals surface area contributed by atoms with E-state index >= 15 is 0 Å². The summed E-state index contributed by atoms with van der Waals surface area (Å²) in [5.41, 5.74) is 0.714. The van der Waals surface area contributed by atoms with Crippen molar-refractivity contribution in [2.45, 2.75) is 6.04 Å². The molecule has 1 fully saturated rings. The number of methoxy groups -OCH3 is 1. The molecule has 8 heteroatoms. The molecule has 1 atom stereocenters. The largest absolute Gasteiger partial charge is 0.507 e. The van der Waals surface area contributed by atoms with E-state index in [9.17, 15) is 24.2 Å². The number of para-hydroxylation sites is 1. The van der Waals surface area contributed by atoms with Gasteiger partial charge < -0.3 is 14.9 Å². The van der Waals surface area contributed by atoms with Gasteiger partial charge in [-0.1, -0.05) is 29.8 Å². The highest BCUT2D eigenvalue weighted by molar-refractivity contribution is 6.51. The second kappa shape index (κ2) is 8.36. The molecule has 1 saturated heterocycles. The number of hydrogen-bond acceptors (Lipinski definition) is 5. The number of benzene rings is 3. The van der Waals surface area contributed by atoms with Gasteiger partial charge in [-0.25, -0.2) is 4.39 Å². The van der Waals surface area contributed by atoms with E-state index in [2.05, 4.69) is 0 Å². The van der Waals surface area contributed by atoms with E-state index in [1.54, 1.807) is 30.3 Å². The van der Waals surface area contributed by atoms with Crippen molar-refractivity contribution in [2.24, 2.45) is 0 Å². The SMILES string of the molecule is COc1cc(C2/C(=C(\O)c3ccc(F)cc3)C(=O)C(=O)N2c2ccccc2)cc(Cl)c1O. The number of halogens is 2. The number of amides is 1. The highest BCUT2D eigenvalue weighted by atomic mass is 35.5. The van der Waals surface area contributed by atoms with E-state index in [1.165, 1.54) is 36.3 Å².